The number of amides is 1. The Kier molecular flexibility index (Phi) is 7.30. The minimum absolute atomic E-state index is 0.00163. The highest BCUT2D eigenvalue weighted by molar-refractivity contribution is 5.77. The molecule has 1 heterocycles. The maximum atomic E-state index is 12.3. The van der Waals surface area contributed by atoms with E-state index in [1.807, 2.05) is 0 Å². The molecule has 0 aromatic heterocycles. The number of aliphatic hydroxyl groups is 1. The number of aliphatic hydroxyl groups excluding tert-OH is 1. The second kappa shape index (κ2) is 8.47. The second-order valence-corrected chi connectivity index (χ2v) is 5.14. The molecule has 0 aliphatic carbocycles. The third-order valence-corrected chi connectivity index (χ3v) is 3.79. The van der Waals surface area contributed by atoms with E-state index < -0.39 is 0 Å². The maximum absolute atomic E-state index is 12.3. The number of hydrogen-bond acceptors (Lipinski definition) is 5. The maximum Gasteiger partial charge on any atom is 0.225 e. The predicted molar refractivity (Wildman–Crippen MR) is 73.8 cm³/mol. The van der Waals surface area contributed by atoms with E-state index in [-0.39, 0.29) is 24.7 Å². The van der Waals surface area contributed by atoms with Crippen LogP contribution in [0.3, 0.4) is 0 Å². The van der Waals surface area contributed by atoms with Gasteiger partial charge in [-0.25, -0.2) is 0 Å². The van der Waals surface area contributed by atoms with Crippen molar-refractivity contribution in [1.82, 2.24) is 9.80 Å². The van der Waals surface area contributed by atoms with E-state index in [9.17, 15) is 4.79 Å². The molecule has 6 nitrogen and oxygen atoms in total. The van der Waals surface area contributed by atoms with Gasteiger partial charge in [-0.05, 0) is 33.0 Å². The Balaban J connectivity index is 2.57. The Labute approximate surface area is 115 Å². The summed E-state index contributed by atoms with van der Waals surface area (Å²) in [7, 11) is 3.65. The molecule has 1 aliphatic heterocycles. The summed E-state index contributed by atoms with van der Waals surface area (Å²) in [6.07, 6.45) is 1.98. The SMILES string of the molecule is COC(CN)CC(=O)N(CCO)C1CCN(C)CC1. The van der Waals surface area contributed by atoms with Crippen molar-refractivity contribution in [2.24, 2.45) is 5.73 Å². The molecular weight excluding hydrogens is 246 g/mol. The van der Waals surface area contributed by atoms with Crippen molar-refractivity contribution in [3.05, 3.63) is 0 Å². The number of piperidine rings is 1. The molecule has 1 saturated heterocycles. The number of nitrogens with zero attached hydrogens (tertiary/aromatic N) is 2. The van der Waals surface area contributed by atoms with Crippen LogP contribution >= 0.6 is 0 Å². The zero-order valence-corrected chi connectivity index (χ0v) is 12.0. The van der Waals surface area contributed by atoms with E-state index in [0.717, 1.165) is 25.9 Å². The summed E-state index contributed by atoms with van der Waals surface area (Å²) in [6, 6.07) is 0.228. The Morgan fingerprint density at radius 2 is 2.16 bits per heavy atom. The van der Waals surface area contributed by atoms with Crippen molar-refractivity contribution in [3.63, 3.8) is 0 Å². The molecule has 1 amide bonds. The molecular formula is C13H27N3O3. The van der Waals surface area contributed by atoms with Gasteiger partial charge in [0.15, 0.2) is 0 Å². The standard InChI is InChI=1S/C13H27N3O3/c1-15-5-3-11(4-6-15)16(7-8-17)13(18)9-12(10-14)19-2/h11-12,17H,3-10,14H2,1-2H3. The lowest BCUT2D eigenvalue weighted by Crippen LogP contribution is -2.48. The molecule has 0 spiro atoms. The number of hydrogen-bond donors (Lipinski definition) is 2. The number of carbonyl (C=O) groups is 1. The van der Waals surface area contributed by atoms with Crippen LogP contribution in [0.4, 0.5) is 0 Å². The van der Waals surface area contributed by atoms with Crippen molar-refractivity contribution in [1.29, 1.82) is 0 Å². The number of nitrogens with two attached hydrogens (primary N) is 1. The molecule has 1 rings (SSSR count). The Bertz CT molecular complexity index is 264. The summed E-state index contributed by atoms with van der Waals surface area (Å²) in [5, 5.41) is 9.16. The highest BCUT2D eigenvalue weighted by Crippen LogP contribution is 2.17. The second-order valence-electron chi connectivity index (χ2n) is 5.14. The van der Waals surface area contributed by atoms with Gasteiger partial charge >= 0.3 is 0 Å². The Morgan fingerprint density at radius 1 is 1.53 bits per heavy atom. The van der Waals surface area contributed by atoms with Gasteiger partial charge in [0.05, 0.1) is 19.1 Å². The van der Waals surface area contributed by atoms with Gasteiger partial charge in [-0.3, -0.25) is 4.79 Å². The van der Waals surface area contributed by atoms with Crippen LogP contribution in [0.5, 0.6) is 0 Å². The van der Waals surface area contributed by atoms with Gasteiger partial charge < -0.3 is 25.4 Å². The summed E-state index contributed by atoms with van der Waals surface area (Å²) in [5.41, 5.74) is 5.55. The van der Waals surface area contributed by atoms with Gasteiger partial charge in [-0.15, -0.1) is 0 Å². The third kappa shape index (κ3) is 5.06. The number of carbonyl (C=O) groups excluding carboxylic acids is 1. The molecule has 0 radical (unpaired) electrons. The topological polar surface area (TPSA) is 79.0 Å². The summed E-state index contributed by atoms with van der Waals surface area (Å²) >= 11 is 0. The fourth-order valence-electron chi connectivity index (χ4n) is 2.50. The van der Waals surface area contributed by atoms with Crippen LogP contribution < -0.4 is 5.73 Å². The summed E-state index contributed by atoms with van der Waals surface area (Å²) in [5.74, 6) is 0.0286. The summed E-state index contributed by atoms with van der Waals surface area (Å²) in [4.78, 5) is 16.4. The number of rotatable bonds is 7. The van der Waals surface area contributed by atoms with Crippen molar-refractivity contribution < 1.29 is 14.6 Å². The van der Waals surface area contributed by atoms with Crippen molar-refractivity contribution in [3.8, 4) is 0 Å². The first-order valence-electron chi connectivity index (χ1n) is 6.94. The summed E-state index contributed by atoms with van der Waals surface area (Å²) in [6.45, 7) is 2.71. The van der Waals surface area contributed by atoms with Crippen LogP contribution in [0.25, 0.3) is 0 Å². The lowest BCUT2D eigenvalue weighted by atomic mass is 10.0. The van der Waals surface area contributed by atoms with Crippen LogP contribution in [0, 0.1) is 0 Å². The fraction of sp³-hybridized carbons (Fsp3) is 0.923. The third-order valence-electron chi connectivity index (χ3n) is 3.79. The number of ether oxygens (including phenoxy) is 1. The van der Waals surface area contributed by atoms with Crippen LogP contribution in [-0.2, 0) is 9.53 Å². The predicted octanol–water partition coefficient (Wildman–Crippen LogP) is -0.735. The molecule has 0 saturated carbocycles. The van der Waals surface area contributed by atoms with E-state index in [1.165, 1.54) is 0 Å². The van der Waals surface area contributed by atoms with Crippen LogP contribution in [0.1, 0.15) is 19.3 Å². The van der Waals surface area contributed by atoms with E-state index in [0.29, 0.717) is 19.5 Å². The monoisotopic (exact) mass is 273 g/mol. The van der Waals surface area contributed by atoms with Crippen LogP contribution in [-0.4, -0.2) is 79.9 Å². The fourth-order valence-corrected chi connectivity index (χ4v) is 2.50. The molecule has 6 heteroatoms. The first-order valence-corrected chi connectivity index (χ1v) is 6.94. The quantitative estimate of drug-likeness (QED) is 0.639. The van der Waals surface area contributed by atoms with Gasteiger partial charge in [0.1, 0.15) is 0 Å². The van der Waals surface area contributed by atoms with Crippen molar-refractivity contribution in [2.75, 3.05) is 46.9 Å². The van der Waals surface area contributed by atoms with Gasteiger partial charge in [-0.1, -0.05) is 0 Å². The molecule has 1 fully saturated rings. The molecule has 1 unspecified atom stereocenters. The van der Waals surface area contributed by atoms with Gasteiger partial charge in [0, 0.05) is 26.2 Å². The molecule has 112 valence electrons. The normalized spacial score (nSPS) is 19.4. The first-order chi connectivity index (χ1) is 9.12. The van der Waals surface area contributed by atoms with Crippen molar-refractivity contribution in [2.45, 2.75) is 31.4 Å². The lowest BCUT2D eigenvalue weighted by Gasteiger charge is -2.37. The molecule has 0 aromatic carbocycles. The first kappa shape index (κ1) is 16.4. The molecule has 3 N–H and O–H groups in total. The molecule has 19 heavy (non-hydrogen) atoms. The Hall–Kier alpha value is -0.690. The van der Waals surface area contributed by atoms with E-state index in [4.69, 9.17) is 15.6 Å². The molecule has 0 aromatic rings. The van der Waals surface area contributed by atoms with E-state index in [1.54, 1.807) is 12.0 Å². The smallest absolute Gasteiger partial charge is 0.225 e. The summed E-state index contributed by atoms with van der Waals surface area (Å²) < 4.78 is 5.16. The zero-order valence-electron chi connectivity index (χ0n) is 12.0. The minimum atomic E-state index is -0.236. The highest BCUT2D eigenvalue weighted by atomic mass is 16.5. The van der Waals surface area contributed by atoms with E-state index >= 15 is 0 Å². The van der Waals surface area contributed by atoms with Crippen LogP contribution in [0.15, 0.2) is 0 Å². The largest absolute Gasteiger partial charge is 0.395 e. The Morgan fingerprint density at radius 3 is 2.63 bits per heavy atom. The number of methoxy groups -OCH3 is 1. The average Bonchev–Trinajstić information content (AvgIpc) is 2.43. The average molecular weight is 273 g/mol. The van der Waals surface area contributed by atoms with E-state index in [2.05, 4.69) is 11.9 Å². The number of likely N-dealkylation sites (tertiary alicyclic amines) is 1. The van der Waals surface area contributed by atoms with Crippen molar-refractivity contribution >= 4 is 5.91 Å². The van der Waals surface area contributed by atoms with Gasteiger partial charge in [-0.2, -0.15) is 0 Å². The molecule has 1 aliphatic rings. The van der Waals surface area contributed by atoms with Gasteiger partial charge in [0.2, 0.25) is 5.91 Å². The molecule has 1 atom stereocenters. The highest BCUT2D eigenvalue weighted by Gasteiger charge is 2.27. The minimum Gasteiger partial charge on any atom is -0.395 e. The zero-order chi connectivity index (χ0) is 14.3. The van der Waals surface area contributed by atoms with Gasteiger partial charge in [0.25, 0.3) is 0 Å². The van der Waals surface area contributed by atoms with Crippen LogP contribution in [0.2, 0.25) is 0 Å². The molecule has 0 bridgehead atoms. The lowest BCUT2D eigenvalue weighted by molar-refractivity contribution is -0.137.